The first kappa shape index (κ1) is 40.3. The highest BCUT2D eigenvalue weighted by atomic mass is 16.5. The number of nitrogens with zero attached hydrogens (tertiary/aromatic N) is 4. The van der Waals surface area contributed by atoms with Crippen molar-refractivity contribution in [2.75, 3.05) is 13.2 Å². The number of aromatic amines is 1. The molecule has 1 unspecified atom stereocenters. The molecule has 1 heterocycles. The SMILES string of the molecule is CC(C)NCC(O)COc1ccc(CC(N)=O)cc1.CCCCC(=O)N(Cc1ccc(-c2ccccc2-c2nnn[nH]2)cc1)[C@H](C(=O)O)C(C)C. The molecule has 0 aliphatic heterocycles. The molecule has 0 saturated heterocycles. The van der Waals surface area contributed by atoms with Gasteiger partial charge in [0.2, 0.25) is 11.8 Å². The molecular formula is C38H51N7O6. The third kappa shape index (κ3) is 13.3. The topological polar surface area (TPSA) is 197 Å². The number of amides is 2. The molecule has 13 nitrogen and oxygen atoms in total. The molecule has 51 heavy (non-hydrogen) atoms. The van der Waals surface area contributed by atoms with E-state index in [-0.39, 0.29) is 37.3 Å². The van der Waals surface area contributed by atoms with Gasteiger partial charge in [-0.15, -0.1) is 5.10 Å². The summed E-state index contributed by atoms with van der Waals surface area (Å²) in [7, 11) is 0. The molecule has 0 radical (unpaired) electrons. The van der Waals surface area contributed by atoms with Crippen molar-refractivity contribution in [1.82, 2.24) is 30.8 Å². The predicted octanol–water partition coefficient (Wildman–Crippen LogP) is 4.61. The summed E-state index contributed by atoms with van der Waals surface area (Å²) in [5.74, 6) is -0.407. The number of carboxylic acids is 1. The van der Waals surface area contributed by atoms with Gasteiger partial charge < -0.3 is 30.9 Å². The summed E-state index contributed by atoms with van der Waals surface area (Å²) in [5, 5.41) is 36.7. The van der Waals surface area contributed by atoms with E-state index in [1.807, 2.05) is 83.1 Å². The smallest absolute Gasteiger partial charge is 0.326 e. The van der Waals surface area contributed by atoms with Gasteiger partial charge in [0.15, 0.2) is 5.82 Å². The molecule has 0 spiro atoms. The summed E-state index contributed by atoms with van der Waals surface area (Å²) in [6.45, 7) is 10.7. The van der Waals surface area contributed by atoms with Gasteiger partial charge in [0.1, 0.15) is 24.5 Å². The number of carbonyl (C=O) groups excluding carboxylic acids is 2. The van der Waals surface area contributed by atoms with Gasteiger partial charge in [-0.05, 0) is 57.2 Å². The molecule has 0 saturated carbocycles. The maximum atomic E-state index is 12.9. The Kier molecular flexibility index (Phi) is 16.2. The van der Waals surface area contributed by atoms with Crippen molar-refractivity contribution in [3.63, 3.8) is 0 Å². The van der Waals surface area contributed by atoms with E-state index < -0.39 is 18.1 Å². The normalized spacial score (nSPS) is 12.2. The molecule has 2 amide bonds. The summed E-state index contributed by atoms with van der Waals surface area (Å²) >= 11 is 0. The van der Waals surface area contributed by atoms with E-state index in [2.05, 4.69) is 25.9 Å². The average molecular weight is 702 g/mol. The lowest BCUT2D eigenvalue weighted by Gasteiger charge is -2.32. The average Bonchev–Trinajstić information content (AvgIpc) is 3.64. The molecule has 4 rings (SSSR count). The van der Waals surface area contributed by atoms with E-state index in [1.165, 1.54) is 4.90 Å². The van der Waals surface area contributed by atoms with E-state index in [0.717, 1.165) is 40.7 Å². The van der Waals surface area contributed by atoms with Crippen LogP contribution in [0, 0.1) is 5.92 Å². The highest BCUT2D eigenvalue weighted by molar-refractivity contribution is 5.84. The molecule has 0 aliphatic carbocycles. The van der Waals surface area contributed by atoms with Crippen LogP contribution in [0.2, 0.25) is 0 Å². The number of H-pyrrole nitrogens is 1. The first-order valence-corrected chi connectivity index (χ1v) is 17.3. The number of carboxylic acid groups (broad SMARTS) is 1. The number of aliphatic hydroxyl groups is 1. The number of rotatable bonds is 18. The number of benzene rings is 3. The van der Waals surface area contributed by atoms with Crippen molar-refractivity contribution in [1.29, 1.82) is 0 Å². The monoisotopic (exact) mass is 701 g/mol. The van der Waals surface area contributed by atoms with Crippen molar-refractivity contribution >= 4 is 17.8 Å². The number of aliphatic hydroxyl groups excluding tert-OH is 1. The van der Waals surface area contributed by atoms with Crippen LogP contribution >= 0.6 is 0 Å². The predicted molar refractivity (Wildman–Crippen MR) is 195 cm³/mol. The molecule has 2 atom stereocenters. The van der Waals surface area contributed by atoms with Crippen LogP contribution in [-0.2, 0) is 27.3 Å². The zero-order valence-corrected chi connectivity index (χ0v) is 30.1. The Bertz CT molecular complexity index is 1640. The van der Waals surface area contributed by atoms with Crippen LogP contribution in [0.4, 0.5) is 0 Å². The van der Waals surface area contributed by atoms with Crippen LogP contribution in [0.25, 0.3) is 22.5 Å². The van der Waals surface area contributed by atoms with Gasteiger partial charge in [-0.25, -0.2) is 9.89 Å². The van der Waals surface area contributed by atoms with Crippen molar-refractivity contribution in [2.45, 2.75) is 85.0 Å². The standard InChI is InChI=1S/C24H29N5O3.C14H22N2O3/c1-4-5-10-21(30)29(22(16(2)3)24(31)32)15-17-11-13-18(14-12-17)19-8-6-7-9-20(19)23-25-27-28-26-23;1-10(2)16-8-12(17)9-19-13-5-3-11(4-6-13)7-14(15)18/h6-9,11-14,16,22H,4-5,10,15H2,1-3H3,(H,31,32)(H,25,26,27,28);3-6,10,12,16-17H,7-9H2,1-2H3,(H2,15,18)/t22-;/m0./s1. The maximum absolute atomic E-state index is 12.9. The van der Waals surface area contributed by atoms with E-state index in [1.54, 1.807) is 24.3 Å². The highest BCUT2D eigenvalue weighted by Gasteiger charge is 2.32. The van der Waals surface area contributed by atoms with Gasteiger partial charge in [-0.3, -0.25) is 9.59 Å². The fourth-order valence-corrected chi connectivity index (χ4v) is 5.32. The zero-order valence-electron chi connectivity index (χ0n) is 30.1. The number of hydrogen-bond donors (Lipinski definition) is 5. The van der Waals surface area contributed by atoms with Crippen molar-refractivity contribution in [3.05, 3.63) is 83.9 Å². The highest BCUT2D eigenvalue weighted by Crippen LogP contribution is 2.30. The third-order valence-corrected chi connectivity index (χ3v) is 7.94. The number of hydrogen-bond acceptors (Lipinski definition) is 9. The second kappa shape index (κ2) is 20.5. The Balaban J connectivity index is 0.000000316. The number of carbonyl (C=O) groups is 3. The molecule has 274 valence electrons. The summed E-state index contributed by atoms with van der Waals surface area (Å²) in [6, 6.07) is 22.2. The van der Waals surface area contributed by atoms with E-state index in [0.29, 0.717) is 30.6 Å². The number of nitrogens with one attached hydrogen (secondary N) is 2. The molecular weight excluding hydrogens is 650 g/mol. The number of primary amides is 1. The van der Waals surface area contributed by atoms with Crippen LogP contribution in [-0.4, -0.2) is 84.9 Å². The van der Waals surface area contributed by atoms with Crippen molar-refractivity contribution in [2.24, 2.45) is 11.7 Å². The number of unbranched alkanes of at least 4 members (excludes halogenated alkanes) is 1. The maximum Gasteiger partial charge on any atom is 0.326 e. The molecule has 4 aromatic rings. The Morgan fingerprint density at radius 2 is 1.59 bits per heavy atom. The van der Waals surface area contributed by atoms with Gasteiger partial charge >= 0.3 is 5.97 Å². The van der Waals surface area contributed by atoms with E-state index in [9.17, 15) is 24.6 Å². The third-order valence-electron chi connectivity index (χ3n) is 7.94. The second-order valence-corrected chi connectivity index (χ2v) is 13.0. The van der Waals surface area contributed by atoms with Gasteiger partial charge in [0, 0.05) is 31.1 Å². The molecule has 6 N–H and O–H groups in total. The molecule has 3 aromatic carbocycles. The Morgan fingerprint density at radius 1 is 0.941 bits per heavy atom. The lowest BCUT2D eigenvalue weighted by molar-refractivity contribution is -0.153. The summed E-state index contributed by atoms with van der Waals surface area (Å²) in [5.41, 5.74) is 9.66. The summed E-state index contributed by atoms with van der Waals surface area (Å²) in [6.07, 6.45) is 1.65. The van der Waals surface area contributed by atoms with Crippen LogP contribution in [0.15, 0.2) is 72.8 Å². The second-order valence-electron chi connectivity index (χ2n) is 13.0. The number of nitrogens with two attached hydrogens (primary N) is 1. The lowest BCUT2D eigenvalue weighted by Crippen LogP contribution is -2.47. The number of tetrazole rings is 1. The molecule has 13 heteroatoms. The van der Waals surface area contributed by atoms with E-state index >= 15 is 0 Å². The first-order valence-electron chi connectivity index (χ1n) is 17.3. The van der Waals surface area contributed by atoms with Crippen molar-refractivity contribution in [3.8, 4) is 28.3 Å². The van der Waals surface area contributed by atoms with Gasteiger partial charge in [0.25, 0.3) is 0 Å². The summed E-state index contributed by atoms with van der Waals surface area (Å²) < 4.78 is 5.45. The quantitative estimate of drug-likeness (QED) is 0.0977. The van der Waals surface area contributed by atoms with Gasteiger partial charge in [-0.1, -0.05) is 102 Å². The minimum absolute atomic E-state index is 0.125. The van der Waals surface area contributed by atoms with Crippen LogP contribution < -0.4 is 15.8 Å². The first-order chi connectivity index (χ1) is 24.4. The van der Waals surface area contributed by atoms with E-state index in [4.69, 9.17) is 10.5 Å². The van der Waals surface area contributed by atoms with Gasteiger partial charge in [-0.2, -0.15) is 0 Å². The number of aliphatic carboxylic acids is 1. The molecule has 0 fully saturated rings. The fourth-order valence-electron chi connectivity index (χ4n) is 5.32. The Hall–Kier alpha value is -5.14. The minimum Gasteiger partial charge on any atom is -0.491 e. The van der Waals surface area contributed by atoms with Gasteiger partial charge in [0.05, 0.1) is 6.42 Å². The number of ether oxygens (including phenoxy) is 1. The zero-order chi connectivity index (χ0) is 37.3. The molecule has 0 bridgehead atoms. The van der Waals surface area contributed by atoms with Crippen molar-refractivity contribution < 1.29 is 29.3 Å². The Morgan fingerprint density at radius 3 is 2.14 bits per heavy atom. The van der Waals surface area contributed by atoms with Crippen LogP contribution in [0.3, 0.4) is 0 Å². The summed E-state index contributed by atoms with van der Waals surface area (Å²) in [4.78, 5) is 37.0. The Labute approximate surface area is 299 Å². The van der Waals surface area contributed by atoms with Crippen LogP contribution in [0.1, 0.15) is 65.0 Å². The lowest BCUT2D eigenvalue weighted by atomic mass is 9.97. The molecule has 0 aliphatic rings. The minimum atomic E-state index is -0.976. The fraction of sp³-hybridized carbons (Fsp3) is 0.421. The van der Waals surface area contributed by atoms with Crippen LogP contribution in [0.5, 0.6) is 5.75 Å². The number of aromatic nitrogens is 4. The largest absolute Gasteiger partial charge is 0.491 e. The molecule has 1 aromatic heterocycles.